The third kappa shape index (κ3) is 2.55. The molecule has 0 fully saturated rings. The molecule has 0 N–H and O–H groups in total. The number of aryl methyl sites for hydroxylation is 2. The van der Waals surface area contributed by atoms with Crippen LogP contribution in [0.1, 0.15) is 6.42 Å². The molecular weight excluding hydrogens is 200 g/mol. The molecule has 0 amide bonds. The first kappa shape index (κ1) is 11.2. The van der Waals surface area contributed by atoms with E-state index in [1.165, 1.54) is 35.7 Å². The second-order valence-corrected chi connectivity index (χ2v) is 3.04. The second kappa shape index (κ2) is 4.59. The standard InChI is InChI=1S/C9H12N2O4/c1-10-5-6-11(9(14)8(10)13)4-3-7(12)15-2/h5-6H,3-4H2,1-2H3. The van der Waals surface area contributed by atoms with Gasteiger partial charge < -0.3 is 13.9 Å². The Hall–Kier alpha value is -1.85. The average Bonchev–Trinajstić information content (AvgIpc) is 2.24. The van der Waals surface area contributed by atoms with Crippen LogP contribution in [0.4, 0.5) is 0 Å². The topological polar surface area (TPSA) is 70.3 Å². The molecule has 0 aliphatic rings. The Labute approximate surface area is 85.7 Å². The van der Waals surface area contributed by atoms with Gasteiger partial charge in [-0.2, -0.15) is 0 Å². The van der Waals surface area contributed by atoms with Gasteiger partial charge in [0.2, 0.25) is 0 Å². The molecule has 1 rings (SSSR count). The number of carbonyl (C=O) groups excluding carboxylic acids is 1. The minimum atomic E-state index is -0.635. The van der Waals surface area contributed by atoms with Crippen LogP contribution in [-0.4, -0.2) is 22.2 Å². The van der Waals surface area contributed by atoms with Crippen LogP contribution in [0, 0.1) is 0 Å². The predicted molar refractivity (Wildman–Crippen MR) is 52.6 cm³/mol. The van der Waals surface area contributed by atoms with E-state index in [2.05, 4.69) is 4.74 Å². The Morgan fingerprint density at radius 2 is 2.00 bits per heavy atom. The normalized spacial score (nSPS) is 10.0. The number of methoxy groups -OCH3 is 1. The minimum Gasteiger partial charge on any atom is -0.469 e. The van der Waals surface area contributed by atoms with E-state index in [4.69, 9.17) is 0 Å². The fraction of sp³-hybridized carbons (Fsp3) is 0.444. The summed E-state index contributed by atoms with van der Waals surface area (Å²) in [5.74, 6) is -0.414. The van der Waals surface area contributed by atoms with Gasteiger partial charge in [0.1, 0.15) is 0 Å². The van der Waals surface area contributed by atoms with Crippen molar-refractivity contribution in [1.82, 2.24) is 9.13 Å². The van der Waals surface area contributed by atoms with E-state index < -0.39 is 17.1 Å². The number of nitrogens with zero attached hydrogens (tertiary/aromatic N) is 2. The minimum absolute atomic E-state index is 0.0730. The lowest BCUT2D eigenvalue weighted by atomic mass is 10.4. The van der Waals surface area contributed by atoms with Gasteiger partial charge in [0, 0.05) is 26.0 Å². The van der Waals surface area contributed by atoms with Gasteiger partial charge in [-0.1, -0.05) is 0 Å². The van der Waals surface area contributed by atoms with Crippen LogP contribution < -0.4 is 11.1 Å². The SMILES string of the molecule is COC(=O)CCn1ccn(C)c(=O)c1=O. The van der Waals surface area contributed by atoms with Crippen molar-refractivity contribution in [2.75, 3.05) is 7.11 Å². The zero-order valence-electron chi connectivity index (χ0n) is 8.60. The number of ether oxygens (including phenoxy) is 1. The Balaban J connectivity index is 2.89. The Bertz CT molecular complexity index is 472. The summed E-state index contributed by atoms with van der Waals surface area (Å²) in [7, 11) is 2.77. The first-order valence-corrected chi connectivity index (χ1v) is 4.39. The quantitative estimate of drug-likeness (QED) is 0.481. The van der Waals surface area contributed by atoms with E-state index >= 15 is 0 Å². The number of esters is 1. The maximum Gasteiger partial charge on any atom is 0.316 e. The van der Waals surface area contributed by atoms with Gasteiger partial charge in [-0.25, -0.2) is 0 Å². The van der Waals surface area contributed by atoms with Crippen LogP contribution in [0.3, 0.4) is 0 Å². The van der Waals surface area contributed by atoms with E-state index in [0.717, 1.165) is 0 Å². The summed E-state index contributed by atoms with van der Waals surface area (Å²) in [5.41, 5.74) is -1.24. The highest BCUT2D eigenvalue weighted by Crippen LogP contribution is 1.88. The van der Waals surface area contributed by atoms with E-state index in [0.29, 0.717) is 0 Å². The van der Waals surface area contributed by atoms with Crippen LogP contribution in [0.2, 0.25) is 0 Å². The third-order valence-corrected chi connectivity index (χ3v) is 2.02. The average molecular weight is 212 g/mol. The lowest BCUT2D eigenvalue weighted by Gasteiger charge is -2.04. The van der Waals surface area contributed by atoms with Gasteiger partial charge in [-0.15, -0.1) is 0 Å². The predicted octanol–water partition coefficient (Wildman–Crippen LogP) is -0.890. The molecule has 6 nitrogen and oxygen atoms in total. The number of hydrogen-bond acceptors (Lipinski definition) is 4. The highest BCUT2D eigenvalue weighted by atomic mass is 16.5. The monoisotopic (exact) mass is 212 g/mol. The van der Waals surface area contributed by atoms with Crippen LogP contribution in [0.25, 0.3) is 0 Å². The summed E-state index contributed by atoms with van der Waals surface area (Å²) in [6, 6.07) is 0. The molecule has 0 aliphatic carbocycles. The molecule has 0 aliphatic heterocycles. The molecule has 0 radical (unpaired) electrons. The first-order chi connectivity index (χ1) is 7.06. The van der Waals surface area contributed by atoms with Crippen LogP contribution in [0.5, 0.6) is 0 Å². The van der Waals surface area contributed by atoms with E-state index in [-0.39, 0.29) is 13.0 Å². The van der Waals surface area contributed by atoms with Crippen LogP contribution in [0.15, 0.2) is 22.0 Å². The molecule has 0 saturated carbocycles. The van der Waals surface area contributed by atoms with Crippen molar-refractivity contribution in [3.8, 4) is 0 Å². The molecule has 1 aromatic heterocycles. The van der Waals surface area contributed by atoms with Gasteiger partial charge in [0.05, 0.1) is 13.5 Å². The van der Waals surface area contributed by atoms with Gasteiger partial charge in [0.25, 0.3) is 0 Å². The molecule has 1 aromatic rings. The fourth-order valence-electron chi connectivity index (χ4n) is 1.08. The van der Waals surface area contributed by atoms with Crippen molar-refractivity contribution < 1.29 is 9.53 Å². The molecule has 1 heterocycles. The van der Waals surface area contributed by atoms with Crippen molar-refractivity contribution in [3.05, 3.63) is 33.1 Å². The van der Waals surface area contributed by atoms with Gasteiger partial charge in [-0.3, -0.25) is 14.4 Å². The summed E-state index contributed by atoms with van der Waals surface area (Å²) in [6.45, 7) is 0.154. The molecule has 15 heavy (non-hydrogen) atoms. The zero-order valence-corrected chi connectivity index (χ0v) is 8.60. The molecular formula is C9H12N2O4. The Kier molecular flexibility index (Phi) is 3.43. The molecule has 0 spiro atoms. The van der Waals surface area contributed by atoms with E-state index in [1.54, 1.807) is 0 Å². The van der Waals surface area contributed by atoms with Crippen molar-refractivity contribution in [2.45, 2.75) is 13.0 Å². The fourth-order valence-corrected chi connectivity index (χ4v) is 1.08. The van der Waals surface area contributed by atoms with Crippen molar-refractivity contribution in [3.63, 3.8) is 0 Å². The lowest BCUT2D eigenvalue weighted by Crippen LogP contribution is -2.39. The molecule has 0 aromatic carbocycles. The van der Waals surface area contributed by atoms with Gasteiger partial charge >= 0.3 is 17.1 Å². The molecule has 0 atom stereocenters. The second-order valence-electron chi connectivity index (χ2n) is 3.04. The van der Waals surface area contributed by atoms with Crippen LogP contribution in [-0.2, 0) is 23.1 Å². The van der Waals surface area contributed by atoms with Crippen molar-refractivity contribution in [2.24, 2.45) is 7.05 Å². The molecule has 0 saturated heterocycles. The van der Waals surface area contributed by atoms with Crippen molar-refractivity contribution >= 4 is 5.97 Å². The Morgan fingerprint density at radius 1 is 1.33 bits per heavy atom. The number of aromatic nitrogens is 2. The summed E-state index contributed by atoms with van der Waals surface area (Å²) >= 11 is 0. The highest BCUT2D eigenvalue weighted by molar-refractivity contribution is 5.68. The number of hydrogen-bond donors (Lipinski definition) is 0. The molecule has 6 heteroatoms. The number of rotatable bonds is 3. The molecule has 0 unspecified atom stereocenters. The molecule has 82 valence electrons. The molecule has 0 bridgehead atoms. The van der Waals surface area contributed by atoms with Crippen LogP contribution >= 0.6 is 0 Å². The summed E-state index contributed by atoms with van der Waals surface area (Å²) in [4.78, 5) is 33.4. The van der Waals surface area contributed by atoms with Gasteiger partial charge in [0.15, 0.2) is 0 Å². The lowest BCUT2D eigenvalue weighted by molar-refractivity contribution is -0.140. The summed E-state index contributed by atoms with van der Waals surface area (Å²) in [5, 5.41) is 0. The van der Waals surface area contributed by atoms with Gasteiger partial charge in [-0.05, 0) is 0 Å². The maximum atomic E-state index is 11.4. The Morgan fingerprint density at radius 3 is 2.60 bits per heavy atom. The summed E-state index contributed by atoms with van der Waals surface area (Å²) in [6.07, 6.45) is 3.01. The smallest absolute Gasteiger partial charge is 0.316 e. The maximum absolute atomic E-state index is 11.4. The van der Waals surface area contributed by atoms with Crippen molar-refractivity contribution in [1.29, 1.82) is 0 Å². The summed E-state index contributed by atoms with van der Waals surface area (Å²) < 4.78 is 6.81. The number of carbonyl (C=O) groups is 1. The van der Waals surface area contributed by atoms with E-state index in [1.807, 2.05) is 0 Å². The first-order valence-electron chi connectivity index (χ1n) is 4.39. The third-order valence-electron chi connectivity index (χ3n) is 2.02. The highest BCUT2D eigenvalue weighted by Gasteiger charge is 2.05. The largest absolute Gasteiger partial charge is 0.469 e. The zero-order chi connectivity index (χ0) is 11.4. The van der Waals surface area contributed by atoms with E-state index in [9.17, 15) is 14.4 Å².